The fourth-order valence-electron chi connectivity index (χ4n) is 2.59. The zero-order valence-electron chi connectivity index (χ0n) is 8.96. The molecule has 2 N–H and O–H groups in total. The van der Waals surface area contributed by atoms with Gasteiger partial charge in [-0.05, 0) is 25.7 Å². The van der Waals surface area contributed by atoms with Crippen LogP contribution in [0.4, 0.5) is 0 Å². The fourth-order valence-corrected chi connectivity index (χ4v) is 2.59. The summed E-state index contributed by atoms with van der Waals surface area (Å²) in [5.41, 5.74) is 5.74. The summed E-state index contributed by atoms with van der Waals surface area (Å²) < 4.78 is 0. The van der Waals surface area contributed by atoms with E-state index < -0.39 is 0 Å². The van der Waals surface area contributed by atoms with Crippen LogP contribution in [-0.4, -0.2) is 29.4 Å². The van der Waals surface area contributed by atoms with Gasteiger partial charge in [0, 0.05) is 25.0 Å². The average molecular weight is 196 g/mol. The Bertz CT molecular complexity index is 223. The molecule has 0 unspecified atom stereocenters. The zero-order valence-corrected chi connectivity index (χ0v) is 8.96. The maximum Gasteiger partial charge on any atom is 0.222 e. The van der Waals surface area contributed by atoms with Crippen molar-refractivity contribution in [3.8, 4) is 0 Å². The second kappa shape index (κ2) is 3.54. The number of hydrogen-bond acceptors (Lipinski definition) is 2. The van der Waals surface area contributed by atoms with E-state index in [9.17, 15) is 4.79 Å². The van der Waals surface area contributed by atoms with Gasteiger partial charge < -0.3 is 10.6 Å². The molecule has 14 heavy (non-hydrogen) atoms. The Morgan fingerprint density at radius 1 is 1.43 bits per heavy atom. The molecule has 1 amide bonds. The third kappa shape index (κ3) is 2.08. The van der Waals surface area contributed by atoms with Crippen molar-refractivity contribution < 1.29 is 4.79 Å². The lowest BCUT2D eigenvalue weighted by atomic mass is 9.92. The molecule has 80 valence electrons. The third-order valence-corrected chi connectivity index (χ3v) is 3.39. The summed E-state index contributed by atoms with van der Waals surface area (Å²) in [5, 5.41) is 0. The highest BCUT2D eigenvalue weighted by atomic mass is 16.2. The number of carbonyl (C=O) groups is 1. The molecule has 2 fully saturated rings. The van der Waals surface area contributed by atoms with Gasteiger partial charge in [0.05, 0.1) is 0 Å². The molecule has 3 heteroatoms. The van der Waals surface area contributed by atoms with Gasteiger partial charge in [-0.1, -0.05) is 12.8 Å². The quantitative estimate of drug-likeness (QED) is 0.719. The molecule has 1 heterocycles. The Balaban J connectivity index is 1.74. The normalized spacial score (nSPS) is 26.3. The summed E-state index contributed by atoms with van der Waals surface area (Å²) in [7, 11) is 0. The monoisotopic (exact) mass is 196 g/mol. The van der Waals surface area contributed by atoms with Gasteiger partial charge in [0.1, 0.15) is 0 Å². The van der Waals surface area contributed by atoms with Crippen molar-refractivity contribution in [2.24, 2.45) is 11.7 Å². The van der Waals surface area contributed by atoms with E-state index in [1.165, 1.54) is 25.7 Å². The Kier molecular flexibility index (Phi) is 2.52. The van der Waals surface area contributed by atoms with Crippen LogP contribution in [0.1, 0.15) is 39.0 Å². The van der Waals surface area contributed by atoms with E-state index in [0.717, 1.165) is 19.5 Å². The van der Waals surface area contributed by atoms with Crippen LogP contribution in [0, 0.1) is 5.92 Å². The predicted molar refractivity (Wildman–Crippen MR) is 55.7 cm³/mol. The highest BCUT2D eigenvalue weighted by Gasteiger charge is 2.38. The van der Waals surface area contributed by atoms with E-state index >= 15 is 0 Å². The maximum atomic E-state index is 11.7. The Labute approximate surface area is 85.6 Å². The van der Waals surface area contributed by atoms with Crippen LogP contribution in [0.2, 0.25) is 0 Å². The number of hydrogen-bond donors (Lipinski definition) is 1. The zero-order chi connectivity index (χ0) is 10.2. The van der Waals surface area contributed by atoms with E-state index in [4.69, 9.17) is 5.73 Å². The number of likely N-dealkylation sites (tertiary alicyclic amines) is 1. The lowest BCUT2D eigenvalue weighted by Crippen LogP contribution is -2.66. The van der Waals surface area contributed by atoms with Crippen LogP contribution < -0.4 is 5.73 Å². The van der Waals surface area contributed by atoms with Crippen LogP contribution in [0.25, 0.3) is 0 Å². The highest BCUT2D eigenvalue weighted by Crippen LogP contribution is 2.29. The summed E-state index contributed by atoms with van der Waals surface area (Å²) in [6, 6.07) is 0. The van der Waals surface area contributed by atoms with E-state index in [1.807, 2.05) is 11.8 Å². The number of nitrogens with zero attached hydrogens (tertiary/aromatic N) is 1. The van der Waals surface area contributed by atoms with E-state index in [2.05, 4.69) is 0 Å². The molecule has 0 aromatic heterocycles. The molecular formula is C11H20N2O. The molecule has 1 saturated carbocycles. The van der Waals surface area contributed by atoms with Crippen LogP contribution in [-0.2, 0) is 4.79 Å². The Morgan fingerprint density at radius 3 is 2.50 bits per heavy atom. The topological polar surface area (TPSA) is 46.3 Å². The lowest BCUT2D eigenvalue weighted by Gasteiger charge is -2.45. The summed E-state index contributed by atoms with van der Waals surface area (Å²) in [5.74, 6) is 0.979. The minimum absolute atomic E-state index is 0.120. The van der Waals surface area contributed by atoms with Crippen LogP contribution in [0.15, 0.2) is 0 Å². The molecule has 1 saturated heterocycles. The van der Waals surface area contributed by atoms with Crippen molar-refractivity contribution >= 4 is 5.91 Å². The SMILES string of the molecule is CC1(N)CN(C(=O)CC2CCCC2)C1. The maximum absolute atomic E-state index is 11.7. The Morgan fingerprint density at radius 2 is 2.00 bits per heavy atom. The van der Waals surface area contributed by atoms with Crippen LogP contribution in [0.3, 0.4) is 0 Å². The first kappa shape index (κ1) is 9.97. The third-order valence-electron chi connectivity index (χ3n) is 3.39. The minimum atomic E-state index is -0.120. The van der Waals surface area contributed by atoms with Gasteiger partial charge >= 0.3 is 0 Å². The molecule has 3 nitrogen and oxygen atoms in total. The summed E-state index contributed by atoms with van der Waals surface area (Å²) in [6.07, 6.45) is 5.88. The first-order chi connectivity index (χ1) is 6.57. The van der Waals surface area contributed by atoms with Gasteiger partial charge in [-0.2, -0.15) is 0 Å². The standard InChI is InChI=1S/C11H20N2O/c1-11(12)7-13(8-11)10(14)6-9-4-2-3-5-9/h9H,2-8,12H2,1H3. The number of nitrogens with two attached hydrogens (primary N) is 1. The molecule has 0 aromatic carbocycles. The van der Waals surface area contributed by atoms with Crippen LogP contribution >= 0.6 is 0 Å². The summed E-state index contributed by atoms with van der Waals surface area (Å²) >= 11 is 0. The second-order valence-corrected chi connectivity index (χ2v) is 5.26. The summed E-state index contributed by atoms with van der Waals surface area (Å²) in [4.78, 5) is 13.6. The van der Waals surface area contributed by atoms with Crippen LogP contribution in [0.5, 0.6) is 0 Å². The highest BCUT2D eigenvalue weighted by molar-refractivity contribution is 5.77. The molecule has 1 aliphatic heterocycles. The fraction of sp³-hybridized carbons (Fsp3) is 0.909. The van der Waals surface area contributed by atoms with Crippen molar-refractivity contribution in [3.05, 3.63) is 0 Å². The van der Waals surface area contributed by atoms with Crippen molar-refractivity contribution in [2.45, 2.75) is 44.6 Å². The van der Waals surface area contributed by atoms with E-state index in [0.29, 0.717) is 11.8 Å². The molecular weight excluding hydrogens is 176 g/mol. The van der Waals surface area contributed by atoms with Crippen molar-refractivity contribution in [1.29, 1.82) is 0 Å². The van der Waals surface area contributed by atoms with Gasteiger partial charge in [-0.25, -0.2) is 0 Å². The minimum Gasteiger partial charge on any atom is -0.339 e. The largest absolute Gasteiger partial charge is 0.339 e. The summed E-state index contributed by atoms with van der Waals surface area (Å²) in [6.45, 7) is 3.50. The first-order valence-corrected chi connectivity index (χ1v) is 5.63. The molecule has 2 aliphatic rings. The Hall–Kier alpha value is -0.570. The van der Waals surface area contributed by atoms with Gasteiger partial charge in [0.25, 0.3) is 0 Å². The molecule has 0 atom stereocenters. The molecule has 1 aliphatic carbocycles. The second-order valence-electron chi connectivity index (χ2n) is 5.26. The number of amides is 1. The molecule has 0 spiro atoms. The molecule has 0 radical (unpaired) electrons. The van der Waals surface area contributed by atoms with Gasteiger partial charge in [0.2, 0.25) is 5.91 Å². The molecule has 0 bridgehead atoms. The van der Waals surface area contributed by atoms with E-state index in [-0.39, 0.29) is 5.54 Å². The lowest BCUT2D eigenvalue weighted by molar-refractivity contribution is -0.139. The number of carbonyl (C=O) groups excluding carboxylic acids is 1. The van der Waals surface area contributed by atoms with Gasteiger partial charge in [0.15, 0.2) is 0 Å². The van der Waals surface area contributed by atoms with Gasteiger partial charge in [-0.15, -0.1) is 0 Å². The van der Waals surface area contributed by atoms with E-state index in [1.54, 1.807) is 0 Å². The predicted octanol–water partition coefficient (Wildman–Crippen LogP) is 1.13. The van der Waals surface area contributed by atoms with Crippen molar-refractivity contribution in [2.75, 3.05) is 13.1 Å². The average Bonchev–Trinajstić information content (AvgIpc) is 2.52. The number of rotatable bonds is 2. The van der Waals surface area contributed by atoms with Gasteiger partial charge in [-0.3, -0.25) is 4.79 Å². The molecule has 2 rings (SSSR count). The smallest absolute Gasteiger partial charge is 0.222 e. The molecule has 0 aromatic rings. The first-order valence-electron chi connectivity index (χ1n) is 5.63. The van der Waals surface area contributed by atoms with Crippen molar-refractivity contribution in [1.82, 2.24) is 4.90 Å². The van der Waals surface area contributed by atoms with Crippen molar-refractivity contribution in [3.63, 3.8) is 0 Å².